The van der Waals surface area contributed by atoms with E-state index < -0.39 is 11.8 Å². The lowest BCUT2D eigenvalue weighted by molar-refractivity contribution is -0.274. The maximum absolute atomic E-state index is 12.1. The van der Waals surface area contributed by atoms with Crippen LogP contribution in [-0.2, 0) is 10.2 Å². The Labute approximate surface area is 102 Å². The molecule has 1 aliphatic heterocycles. The van der Waals surface area contributed by atoms with Gasteiger partial charge in [0.15, 0.2) is 0 Å². The molecule has 0 aromatic heterocycles. The van der Waals surface area contributed by atoms with Crippen LogP contribution in [0.5, 0.6) is 5.75 Å². The molecule has 1 heterocycles. The van der Waals surface area contributed by atoms with Gasteiger partial charge < -0.3 is 14.6 Å². The summed E-state index contributed by atoms with van der Waals surface area (Å²) >= 11 is 0. The molecule has 0 aliphatic carbocycles. The van der Waals surface area contributed by atoms with Crippen molar-refractivity contribution in [1.82, 2.24) is 0 Å². The zero-order valence-corrected chi connectivity index (χ0v) is 9.54. The maximum atomic E-state index is 12.1. The number of aliphatic hydroxyl groups excluding tert-OH is 1. The van der Waals surface area contributed by atoms with E-state index in [-0.39, 0.29) is 12.4 Å². The van der Waals surface area contributed by atoms with Gasteiger partial charge in [0.05, 0.1) is 13.2 Å². The molecule has 2 rings (SSSR count). The summed E-state index contributed by atoms with van der Waals surface area (Å²) in [7, 11) is 0. The molecule has 0 bridgehead atoms. The van der Waals surface area contributed by atoms with Crippen LogP contribution in [0.15, 0.2) is 24.3 Å². The Morgan fingerprint density at radius 1 is 1.39 bits per heavy atom. The molecular weight excluding hydrogens is 249 g/mol. The van der Waals surface area contributed by atoms with Gasteiger partial charge in [-0.25, -0.2) is 0 Å². The normalized spacial score (nSPS) is 24.2. The number of rotatable bonds is 3. The molecule has 1 N–H and O–H groups in total. The Kier molecular flexibility index (Phi) is 3.49. The highest BCUT2D eigenvalue weighted by Crippen LogP contribution is 2.35. The first kappa shape index (κ1) is 13.2. The number of hydrogen-bond donors (Lipinski definition) is 1. The van der Waals surface area contributed by atoms with Crippen LogP contribution in [0.1, 0.15) is 12.0 Å². The number of aliphatic hydroxyl groups is 1. The van der Waals surface area contributed by atoms with Gasteiger partial charge in [-0.05, 0) is 24.1 Å². The smallest absolute Gasteiger partial charge is 0.406 e. The van der Waals surface area contributed by atoms with Crippen molar-refractivity contribution in [3.05, 3.63) is 29.8 Å². The Bertz CT molecular complexity index is 411. The molecular formula is C12H13F3O3. The molecule has 1 fully saturated rings. The van der Waals surface area contributed by atoms with E-state index in [0.29, 0.717) is 25.2 Å². The van der Waals surface area contributed by atoms with Gasteiger partial charge >= 0.3 is 6.36 Å². The molecule has 6 heteroatoms. The molecule has 100 valence electrons. The van der Waals surface area contributed by atoms with Crippen molar-refractivity contribution in [1.29, 1.82) is 0 Å². The SMILES string of the molecule is OCC1(c2cccc(OC(F)(F)F)c2)CCOC1. The van der Waals surface area contributed by atoms with Crippen LogP contribution in [0.25, 0.3) is 0 Å². The molecule has 1 unspecified atom stereocenters. The van der Waals surface area contributed by atoms with Crippen molar-refractivity contribution in [2.24, 2.45) is 0 Å². The third-order valence-corrected chi connectivity index (χ3v) is 3.09. The van der Waals surface area contributed by atoms with Gasteiger partial charge in [-0.15, -0.1) is 13.2 Å². The first-order valence-electron chi connectivity index (χ1n) is 5.50. The van der Waals surface area contributed by atoms with Gasteiger partial charge in [0.2, 0.25) is 0 Å². The molecule has 0 saturated carbocycles. The maximum Gasteiger partial charge on any atom is 0.573 e. The summed E-state index contributed by atoms with van der Waals surface area (Å²) in [6.07, 6.45) is -4.13. The lowest BCUT2D eigenvalue weighted by atomic mass is 9.80. The zero-order valence-electron chi connectivity index (χ0n) is 9.54. The van der Waals surface area contributed by atoms with E-state index in [1.165, 1.54) is 18.2 Å². The second-order valence-electron chi connectivity index (χ2n) is 4.32. The minimum absolute atomic E-state index is 0.164. The highest BCUT2D eigenvalue weighted by atomic mass is 19.4. The van der Waals surface area contributed by atoms with E-state index in [4.69, 9.17) is 4.74 Å². The minimum atomic E-state index is -4.71. The highest BCUT2D eigenvalue weighted by molar-refractivity contribution is 5.35. The number of alkyl halides is 3. The predicted octanol–water partition coefficient (Wildman–Crippen LogP) is 2.24. The number of ether oxygens (including phenoxy) is 2. The topological polar surface area (TPSA) is 38.7 Å². The third-order valence-electron chi connectivity index (χ3n) is 3.09. The van der Waals surface area contributed by atoms with Crippen molar-refractivity contribution in [3.63, 3.8) is 0 Å². The lowest BCUT2D eigenvalue weighted by Crippen LogP contribution is -2.31. The van der Waals surface area contributed by atoms with Crippen molar-refractivity contribution in [2.75, 3.05) is 19.8 Å². The third kappa shape index (κ3) is 2.76. The van der Waals surface area contributed by atoms with Crippen molar-refractivity contribution in [3.8, 4) is 5.75 Å². The molecule has 0 radical (unpaired) electrons. The molecule has 1 aromatic carbocycles. The molecule has 1 aromatic rings. The lowest BCUT2D eigenvalue weighted by Gasteiger charge is -2.25. The first-order valence-corrected chi connectivity index (χ1v) is 5.50. The average molecular weight is 262 g/mol. The Hall–Kier alpha value is -1.27. The second kappa shape index (κ2) is 4.78. The summed E-state index contributed by atoms with van der Waals surface area (Å²) < 4.78 is 45.5. The largest absolute Gasteiger partial charge is 0.573 e. The van der Waals surface area contributed by atoms with Crippen LogP contribution in [0.3, 0.4) is 0 Å². The van der Waals surface area contributed by atoms with E-state index in [2.05, 4.69) is 4.74 Å². The van der Waals surface area contributed by atoms with Crippen molar-refractivity contribution < 1.29 is 27.8 Å². The monoisotopic (exact) mass is 262 g/mol. The van der Waals surface area contributed by atoms with Gasteiger partial charge in [-0.2, -0.15) is 0 Å². The van der Waals surface area contributed by atoms with Crippen LogP contribution >= 0.6 is 0 Å². The number of hydrogen-bond acceptors (Lipinski definition) is 3. The molecule has 1 atom stereocenters. The van der Waals surface area contributed by atoms with Crippen LogP contribution in [0.4, 0.5) is 13.2 Å². The molecule has 0 amide bonds. The predicted molar refractivity (Wildman–Crippen MR) is 57.3 cm³/mol. The number of halogens is 3. The Balaban J connectivity index is 2.26. The van der Waals surface area contributed by atoms with Crippen molar-refractivity contribution >= 4 is 0 Å². The van der Waals surface area contributed by atoms with Gasteiger partial charge in [0.25, 0.3) is 0 Å². The average Bonchev–Trinajstić information content (AvgIpc) is 2.77. The fourth-order valence-corrected chi connectivity index (χ4v) is 2.07. The van der Waals surface area contributed by atoms with E-state index in [1.54, 1.807) is 6.07 Å². The second-order valence-corrected chi connectivity index (χ2v) is 4.32. The summed E-state index contributed by atoms with van der Waals surface area (Å²) in [4.78, 5) is 0. The van der Waals surface area contributed by atoms with E-state index in [9.17, 15) is 18.3 Å². The van der Waals surface area contributed by atoms with Crippen LogP contribution in [-0.4, -0.2) is 31.3 Å². The first-order chi connectivity index (χ1) is 8.45. The van der Waals surface area contributed by atoms with Crippen LogP contribution in [0.2, 0.25) is 0 Å². The highest BCUT2D eigenvalue weighted by Gasteiger charge is 2.37. The van der Waals surface area contributed by atoms with Gasteiger partial charge in [0, 0.05) is 12.0 Å². The standard InChI is InChI=1S/C12H13F3O3/c13-12(14,15)18-10-3-1-2-9(6-10)11(7-16)4-5-17-8-11/h1-3,6,16H,4-5,7-8H2. The van der Waals surface area contributed by atoms with E-state index >= 15 is 0 Å². The number of benzene rings is 1. The molecule has 1 aliphatic rings. The summed E-state index contributed by atoms with van der Waals surface area (Å²) in [5.41, 5.74) is -0.0189. The van der Waals surface area contributed by atoms with Gasteiger partial charge in [-0.1, -0.05) is 12.1 Å². The zero-order chi connectivity index (χ0) is 13.2. The summed E-state index contributed by atoms with van der Waals surface area (Å²) in [6.45, 7) is 0.631. The van der Waals surface area contributed by atoms with Crippen molar-refractivity contribution in [2.45, 2.75) is 18.2 Å². The fraction of sp³-hybridized carbons (Fsp3) is 0.500. The van der Waals surface area contributed by atoms with Gasteiger partial charge in [0.1, 0.15) is 5.75 Å². The summed E-state index contributed by atoms with van der Waals surface area (Å²) in [5.74, 6) is -0.278. The van der Waals surface area contributed by atoms with E-state index in [0.717, 1.165) is 0 Å². The molecule has 18 heavy (non-hydrogen) atoms. The Morgan fingerprint density at radius 2 is 2.17 bits per heavy atom. The van der Waals surface area contributed by atoms with E-state index in [1.807, 2.05) is 0 Å². The fourth-order valence-electron chi connectivity index (χ4n) is 2.07. The minimum Gasteiger partial charge on any atom is -0.406 e. The summed E-state index contributed by atoms with van der Waals surface area (Å²) in [6, 6.07) is 5.69. The molecule has 3 nitrogen and oxygen atoms in total. The van der Waals surface area contributed by atoms with Crippen LogP contribution in [0, 0.1) is 0 Å². The van der Waals surface area contributed by atoms with Gasteiger partial charge in [-0.3, -0.25) is 0 Å². The molecule has 0 spiro atoms. The quantitative estimate of drug-likeness (QED) is 0.907. The molecule has 1 saturated heterocycles. The van der Waals surface area contributed by atoms with Crippen LogP contribution < -0.4 is 4.74 Å². The Morgan fingerprint density at radius 3 is 2.72 bits per heavy atom. The summed E-state index contributed by atoms with van der Waals surface area (Å²) in [5, 5.41) is 9.45.